The zero-order chi connectivity index (χ0) is 19.1. The van der Waals surface area contributed by atoms with Crippen LogP contribution in [0.3, 0.4) is 0 Å². The first-order chi connectivity index (χ1) is 13.2. The molecule has 3 rings (SSSR count). The molecule has 154 valence electrons. The molecule has 0 bridgehead atoms. The van der Waals surface area contributed by atoms with E-state index in [9.17, 15) is 4.79 Å². The van der Waals surface area contributed by atoms with Crippen molar-refractivity contribution in [3.05, 3.63) is 0 Å². The predicted molar refractivity (Wildman–Crippen MR) is 111 cm³/mol. The zero-order valence-electron chi connectivity index (χ0n) is 17.4. The summed E-state index contributed by atoms with van der Waals surface area (Å²) in [6, 6.07) is 0.323. The number of rotatable bonds is 6. The van der Waals surface area contributed by atoms with Crippen LogP contribution in [0.25, 0.3) is 0 Å². The molecule has 0 radical (unpaired) electrons. The van der Waals surface area contributed by atoms with Crippen LogP contribution in [0.1, 0.15) is 58.8 Å². The van der Waals surface area contributed by atoms with Gasteiger partial charge in [-0.05, 0) is 58.0 Å². The molecule has 2 N–H and O–H groups in total. The summed E-state index contributed by atoms with van der Waals surface area (Å²) in [7, 11) is 0. The summed E-state index contributed by atoms with van der Waals surface area (Å²) in [6.07, 6.45) is 8.27. The fourth-order valence-electron chi connectivity index (χ4n) is 4.61. The number of hydrogen-bond donors (Lipinski definition) is 2. The first-order valence-electron chi connectivity index (χ1n) is 11.2. The van der Waals surface area contributed by atoms with Crippen LogP contribution in [0.5, 0.6) is 0 Å². The van der Waals surface area contributed by atoms with Gasteiger partial charge in [0.1, 0.15) is 0 Å². The van der Waals surface area contributed by atoms with Crippen molar-refractivity contribution in [2.24, 2.45) is 16.8 Å². The Kier molecular flexibility index (Phi) is 7.80. The van der Waals surface area contributed by atoms with E-state index < -0.39 is 0 Å². The topological polar surface area (TPSA) is 60.0 Å². The highest BCUT2D eigenvalue weighted by Crippen LogP contribution is 2.27. The molecule has 1 amide bonds. The molecule has 2 aliphatic heterocycles. The Hall–Kier alpha value is -1.30. The van der Waals surface area contributed by atoms with Crippen LogP contribution < -0.4 is 10.6 Å². The number of hydrogen-bond acceptors (Lipinski definition) is 3. The van der Waals surface area contributed by atoms with Crippen LogP contribution in [0, 0.1) is 11.8 Å². The third-order valence-electron chi connectivity index (χ3n) is 6.45. The third kappa shape index (κ3) is 6.09. The number of aliphatic imine (C=N–C) groups is 1. The van der Waals surface area contributed by atoms with Crippen molar-refractivity contribution >= 4 is 11.9 Å². The summed E-state index contributed by atoms with van der Waals surface area (Å²) in [5.41, 5.74) is 0. The Balaban J connectivity index is 1.42. The van der Waals surface area contributed by atoms with Gasteiger partial charge in [0, 0.05) is 38.1 Å². The summed E-state index contributed by atoms with van der Waals surface area (Å²) in [4.78, 5) is 22.0. The second-order valence-electron chi connectivity index (χ2n) is 8.68. The number of carbonyl (C=O) groups is 1. The van der Waals surface area contributed by atoms with E-state index in [1.807, 2.05) is 0 Å². The smallest absolute Gasteiger partial charge is 0.225 e. The summed E-state index contributed by atoms with van der Waals surface area (Å²) < 4.78 is 0. The number of guanidine groups is 1. The highest BCUT2D eigenvalue weighted by molar-refractivity contribution is 5.81. The van der Waals surface area contributed by atoms with E-state index >= 15 is 0 Å². The van der Waals surface area contributed by atoms with Gasteiger partial charge in [0.05, 0.1) is 6.54 Å². The Bertz CT molecular complexity index is 495. The van der Waals surface area contributed by atoms with E-state index in [-0.39, 0.29) is 5.92 Å². The minimum absolute atomic E-state index is 0.290. The van der Waals surface area contributed by atoms with Gasteiger partial charge in [-0.2, -0.15) is 0 Å². The van der Waals surface area contributed by atoms with E-state index in [0.29, 0.717) is 11.9 Å². The van der Waals surface area contributed by atoms with Gasteiger partial charge < -0.3 is 20.4 Å². The molecule has 27 heavy (non-hydrogen) atoms. The van der Waals surface area contributed by atoms with E-state index in [4.69, 9.17) is 4.99 Å². The lowest BCUT2D eigenvalue weighted by Gasteiger charge is -2.29. The van der Waals surface area contributed by atoms with Gasteiger partial charge in [-0.3, -0.25) is 9.79 Å². The maximum absolute atomic E-state index is 12.6. The van der Waals surface area contributed by atoms with E-state index in [0.717, 1.165) is 63.9 Å². The molecular weight excluding hydrogens is 338 g/mol. The molecule has 3 fully saturated rings. The fourth-order valence-corrected chi connectivity index (χ4v) is 4.61. The summed E-state index contributed by atoms with van der Waals surface area (Å²) in [5.74, 6) is 2.46. The average molecular weight is 378 g/mol. The Morgan fingerprint density at radius 2 is 1.81 bits per heavy atom. The molecule has 0 aromatic carbocycles. The van der Waals surface area contributed by atoms with Crippen molar-refractivity contribution in [3.63, 3.8) is 0 Å². The minimum atomic E-state index is 0.290. The molecule has 3 aliphatic rings. The Morgan fingerprint density at radius 3 is 2.52 bits per heavy atom. The zero-order valence-corrected chi connectivity index (χ0v) is 17.4. The molecule has 2 heterocycles. The number of nitrogens with zero attached hydrogens (tertiary/aromatic N) is 3. The van der Waals surface area contributed by atoms with E-state index in [1.165, 1.54) is 38.8 Å². The van der Waals surface area contributed by atoms with Gasteiger partial charge in [-0.1, -0.05) is 19.8 Å². The molecule has 1 atom stereocenters. The SMILES string of the molecule is CCNC(=NCCN1CCC(C)CC1)NC1CCN(C(=O)C2CCCC2)C1. The monoisotopic (exact) mass is 377 g/mol. The highest BCUT2D eigenvalue weighted by atomic mass is 16.2. The number of nitrogens with one attached hydrogen (secondary N) is 2. The molecular formula is C21H39N5O. The van der Waals surface area contributed by atoms with E-state index in [1.54, 1.807) is 0 Å². The van der Waals surface area contributed by atoms with Gasteiger partial charge in [0.25, 0.3) is 0 Å². The number of amides is 1. The van der Waals surface area contributed by atoms with Crippen LogP contribution in [-0.2, 0) is 4.79 Å². The minimum Gasteiger partial charge on any atom is -0.357 e. The van der Waals surface area contributed by atoms with Gasteiger partial charge in [-0.15, -0.1) is 0 Å². The maximum atomic E-state index is 12.6. The van der Waals surface area contributed by atoms with Gasteiger partial charge >= 0.3 is 0 Å². The van der Waals surface area contributed by atoms with Crippen LogP contribution in [0.4, 0.5) is 0 Å². The maximum Gasteiger partial charge on any atom is 0.225 e. The molecule has 0 aromatic rings. The molecule has 0 spiro atoms. The number of carbonyl (C=O) groups excluding carboxylic acids is 1. The van der Waals surface area contributed by atoms with Crippen molar-refractivity contribution < 1.29 is 4.79 Å². The van der Waals surface area contributed by atoms with Crippen molar-refractivity contribution in [2.75, 3.05) is 45.8 Å². The normalized spacial score (nSPS) is 25.9. The van der Waals surface area contributed by atoms with Crippen LogP contribution >= 0.6 is 0 Å². The van der Waals surface area contributed by atoms with Gasteiger partial charge in [0.2, 0.25) is 5.91 Å². The number of likely N-dealkylation sites (tertiary alicyclic amines) is 2. The molecule has 2 saturated heterocycles. The molecule has 1 unspecified atom stereocenters. The lowest BCUT2D eigenvalue weighted by atomic mass is 9.99. The van der Waals surface area contributed by atoms with Gasteiger partial charge in [0.15, 0.2) is 5.96 Å². The largest absolute Gasteiger partial charge is 0.357 e. The van der Waals surface area contributed by atoms with Crippen LogP contribution in [-0.4, -0.2) is 73.5 Å². The quantitative estimate of drug-likeness (QED) is 0.549. The van der Waals surface area contributed by atoms with Gasteiger partial charge in [-0.25, -0.2) is 0 Å². The first kappa shape index (κ1) is 20.4. The highest BCUT2D eigenvalue weighted by Gasteiger charge is 2.32. The third-order valence-corrected chi connectivity index (χ3v) is 6.45. The molecule has 6 nitrogen and oxygen atoms in total. The summed E-state index contributed by atoms with van der Waals surface area (Å²) in [6.45, 7) is 11.3. The van der Waals surface area contributed by atoms with Crippen molar-refractivity contribution in [1.29, 1.82) is 0 Å². The Morgan fingerprint density at radius 1 is 1.07 bits per heavy atom. The average Bonchev–Trinajstić information content (AvgIpc) is 3.35. The van der Waals surface area contributed by atoms with Crippen molar-refractivity contribution in [1.82, 2.24) is 20.4 Å². The predicted octanol–water partition coefficient (Wildman–Crippen LogP) is 2.06. The lowest BCUT2D eigenvalue weighted by molar-refractivity contribution is -0.134. The first-order valence-corrected chi connectivity index (χ1v) is 11.2. The number of piperidine rings is 1. The molecule has 6 heteroatoms. The lowest BCUT2D eigenvalue weighted by Crippen LogP contribution is -2.45. The van der Waals surface area contributed by atoms with Crippen LogP contribution in [0.15, 0.2) is 4.99 Å². The second-order valence-corrected chi connectivity index (χ2v) is 8.68. The van der Waals surface area contributed by atoms with Crippen molar-refractivity contribution in [2.45, 2.75) is 64.8 Å². The molecule has 1 saturated carbocycles. The van der Waals surface area contributed by atoms with Crippen molar-refractivity contribution in [3.8, 4) is 0 Å². The fraction of sp³-hybridized carbons (Fsp3) is 0.905. The molecule has 0 aromatic heterocycles. The van der Waals surface area contributed by atoms with E-state index in [2.05, 4.69) is 34.3 Å². The molecule has 1 aliphatic carbocycles. The summed E-state index contributed by atoms with van der Waals surface area (Å²) >= 11 is 0. The standard InChI is InChI=1S/C21H39N5O/c1-3-22-21(23-11-15-25-12-8-17(2)9-13-25)24-19-10-14-26(16-19)20(27)18-6-4-5-7-18/h17-19H,3-16H2,1-2H3,(H2,22,23,24). The summed E-state index contributed by atoms with van der Waals surface area (Å²) in [5, 5.41) is 6.93. The van der Waals surface area contributed by atoms with Crippen LogP contribution in [0.2, 0.25) is 0 Å². The Labute approximate surface area is 165 Å². The second kappa shape index (κ2) is 10.3.